The number of hydrogen-bond acceptors (Lipinski definition) is 5. The van der Waals surface area contributed by atoms with Gasteiger partial charge in [0.25, 0.3) is 11.6 Å². The molecule has 2 N–H and O–H groups in total. The van der Waals surface area contributed by atoms with Crippen LogP contribution in [-0.2, 0) is 0 Å². The number of nitro groups is 1. The van der Waals surface area contributed by atoms with Gasteiger partial charge in [-0.15, -0.1) is 11.3 Å². The van der Waals surface area contributed by atoms with Crippen molar-refractivity contribution < 1.29 is 14.8 Å². The summed E-state index contributed by atoms with van der Waals surface area (Å²) in [5.41, 5.74) is 1.02. The van der Waals surface area contributed by atoms with Crippen molar-refractivity contribution in [2.45, 2.75) is 13.0 Å². The van der Waals surface area contributed by atoms with Gasteiger partial charge in [0.2, 0.25) is 0 Å². The van der Waals surface area contributed by atoms with E-state index in [0.29, 0.717) is 0 Å². The number of thiophene rings is 1. The van der Waals surface area contributed by atoms with Crippen LogP contribution in [0.3, 0.4) is 0 Å². The van der Waals surface area contributed by atoms with E-state index in [1.165, 1.54) is 35.6 Å². The van der Waals surface area contributed by atoms with Gasteiger partial charge in [0.15, 0.2) is 0 Å². The molecule has 0 aliphatic carbocycles. The fourth-order valence-corrected chi connectivity index (χ4v) is 2.78. The third-order valence-corrected chi connectivity index (χ3v) is 4.10. The summed E-state index contributed by atoms with van der Waals surface area (Å²) in [6.45, 7) is 1.94. The third kappa shape index (κ3) is 3.65. The summed E-state index contributed by atoms with van der Waals surface area (Å²) in [5.74, 6) is -0.452. The van der Waals surface area contributed by atoms with Crippen molar-refractivity contribution in [3.8, 4) is 0 Å². The molecule has 21 heavy (non-hydrogen) atoms. The first-order chi connectivity index (χ1) is 9.99. The zero-order valence-electron chi connectivity index (χ0n) is 11.3. The summed E-state index contributed by atoms with van der Waals surface area (Å²) >= 11 is 1.42. The van der Waals surface area contributed by atoms with E-state index < -0.39 is 16.9 Å². The van der Waals surface area contributed by atoms with Crippen molar-refractivity contribution in [1.29, 1.82) is 0 Å². The Balaban J connectivity index is 2.00. The highest BCUT2D eigenvalue weighted by Crippen LogP contribution is 2.23. The van der Waals surface area contributed by atoms with E-state index in [-0.39, 0.29) is 17.8 Å². The molecule has 1 atom stereocenters. The highest BCUT2D eigenvalue weighted by Gasteiger charge is 2.15. The number of nitrogens with zero attached hydrogens (tertiary/aromatic N) is 1. The maximum absolute atomic E-state index is 11.9. The van der Waals surface area contributed by atoms with Gasteiger partial charge in [0, 0.05) is 29.1 Å². The highest BCUT2D eigenvalue weighted by molar-refractivity contribution is 7.10. The zero-order chi connectivity index (χ0) is 15.4. The number of nitro benzene ring substituents is 1. The second-order valence-corrected chi connectivity index (χ2v) is 5.45. The second kappa shape index (κ2) is 6.47. The second-order valence-electron chi connectivity index (χ2n) is 4.50. The van der Waals surface area contributed by atoms with E-state index in [2.05, 4.69) is 5.32 Å². The summed E-state index contributed by atoms with van der Waals surface area (Å²) in [6.07, 6.45) is -0.785. The van der Waals surface area contributed by atoms with Crippen LogP contribution in [0.25, 0.3) is 0 Å². The molecule has 0 saturated carbocycles. The SMILES string of the molecule is Cc1ccsc1C(O)CNC(=O)c1cccc([N+](=O)[O-])c1. The van der Waals surface area contributed by atoms with Crippen molar-refractivity contribution >= 4 is 22.9 Å². The summed E-state index contributed by atoms with van der Waals surface area (Å²) in [7, 11) is 0. The van der Waals surface area contributed by atoms with Crippen molar-refractivity contribution in [2.75, 3.05) is 6.54 Å². The Morgan fingerprint density at radius 1 is 1.48 bits per heavy atom. The van der Waals surface area contributed by atoms with E-state index in [1.54, 1.807) is 0 Å². The molecule has 2 aromatic rings. The molecule has 0 aliphatic heterocycles. The van der Waals surface area contributed by atoms with Gasteiger partial charge in [-0.3, -0.25) is 14.9 Å². The number of carbonyl (C=O) groups is 1. The lowest BCUT2D eigenvalue weighted by atomic mass is 10.1. The van der Waals surface area contributed by atoms with Crippen LogP contribution in [0.2, 0.25) is 0 Å². The Labute approximate surface area is 125 Å². The number of aliphatic hydroxyl groups is 1. The molecule has 1 aromatic carbocycles. The van der Waals surface area contributed by atoms with Crippen LogP contribution < -0.4 is 5.32 Å². The Morgan fingerprint density at radius 2 is 2.24 bits per heavy atom. The minimum Gasteiger partial charge on any atom is -0.386 e. The number of rotatable bonds is 5. The number of carbonyl (C=O) groups excluding carboxylic acids is 1. The average molecular weight is 306 g/mol. The fourth-order valence-electron chi connectivity index (χ4n) is 1.87. The maximum Gasteiger partial charge on any atom is 0.270 e. The largest absolute Gasteiger partial charge is 0.386 e. The summed E-state index contributed by atoms with van der Waals surface area (Å²) in [6, 6.07) is 7.36. The summed E-state index contributed by atoms with van der Waals surface area (Å²) < 4.78 is 0. The van der Waals surface area contributed by atoms with Gasteiger partial charge in [0.05, 0.1) is 4.92 Å². The van der Waals surface area contributed by atoms with E-state index >= 15 is 0 Å². The van der Waals surface area contributed by atoms with Gasteiger partial charge in [-0.05, 0) is 30.0 Å². The topological polar surface area (TPSA) is 92.5 Å². The standard InChI is InChI=1S/C14H14N2O4S/c1-9-5-6-21-13(9)12(17)8-15-14(18)10-3-2-4-11(7-10)16(19)20/h2-7,12,17H,8H2,1H3,(H,15,18). The molecule has 2 rings (SSSR count). The molecule has 1 amide bonds. The first-order valence-electron chi connectivity index (χ1n) is 6.23. The first-order valence-corrected chi connectivity index (χ1v) is 7.11. The smallest absolute Gasteiger partial charge is 0.270 e. The summed E-state index contributed by atoms with van der Waals surface area (Å²) in [4.78, 5) is 22.9. The highest BCUT2D eigenvalue weighted by atomic mass is 32.1. The Kier molecular flexibility index (Phi) is 4.66. The van der Waals surface area contributed by atoms with Crippen molar-refractivity contribution in [1.82, 2.24) is 5.32 Å². The first kappa shape index (κ1) is 15.1. The maximum atomic E-state index is 11.9. The molecular weight excluding hydrogens is 292 g/mol. The fraction of sp³-hybridized carbons (Fsp3) is 0.214. The van der Waals surface area contributed by atoms with Crippen LogP contribution in [0.15, 0.2) is 35.7 Å². The van der Waals surface area contributed by atoms with Crippen LogP contribution >= 0.6 is 11.3 Å². The quantitative estimate of drug-likeness (QED) is 0.655. The minimum absolute atomic E-state index is 0.0584. The van der Waals surface area contributed by atoms with Gasteiger partial charge in [-0.1, -0.05) is 6.07 Å². The lowest BCUT2D eigenvalue weighted by Gasteiger charge is -2.11. The molecule has 1 unspecified atom stereocenters. The number of aryl methyl sites for hydroxylation is 1. The Morgan fingerprint density at radius 3 is 2.86 bits per heavy atom. The van der Waals surface area contributed by atoms with Crippen LogP contribution in [0.4, 0.5) is 5.69 Å². The number of hydrogen-bond donors (Lipinski definition) is 2. The van der Waals surface area contributed by atoms with Crippen molar-refractivity contribution in [3.63, 3.8) is 0 Å². The van der Waals surface area contributed by atoms with Crippen molar-refractivity contribution in [3.05, 3.63) is 61.8 Å². The molecule has 0 saturated heterocycles. The van der Waals surface area contributed by atoms with E-state index in [0.717, 1.165) is 10.4 Å². The van der Waals surface area contributed by atoms with Crippen LogP contribution in [0, 0.1) is 17.0 Å². The Hall–Kier alpha value is -2.25. The molecule has 7 heteroatoms. The average Bonchev–Trinajstić information content (AvgIpc) is 2.90. The van der Waals surface area contributed by atoms with Crippen LogP contribution in [0.1, 0.15) is 26.9 Å². The van der Waals surface area contributed by atoms with Crippen LogP contribution in [0.5, 0.6) is 0 Å². The molecule has 0 aliphatic rings. The number of benzene rings is 1. The number of aliphatic hydroxyl groups excluding tert-OH is 1. The van der Waals surface area contributed by atoms with Gasteiger partial charge < -0.3 is 10.4 Å². The molecule has 1 heterocycles. The van der Waals surface area contributed by atoms with Gasteiger partial charge >= 0.3 is 0 Å². The summed E-state index contributed by atoms with van der Waals surface area (Å²) in [5, 5.41) is 25.1. The van der Waals surface area contributed by atoms with E-state index in [1.807, 2.05) is 18.4 Å². The normalized spacial score (nSPS) is 11.9. The molecule has 6 nitrogen and oxygen atoms in total. The monoisotopic (exact) mass is 306 g/mol. The van der Waals surface area contributed by atoms with Gasteiger partial charge in [-0.2, -0.15) is 0 Å². The minimum atomic E-state index is -0.785. The third-order valence-electron chi connectivity index (χ3n) is 2.98. The number of nitrogens with one attached hydrogen (secondary N) is 1. The zero-order valence-corrected chi connectivity index (χ0v) is 12.1. The molecular formula is C14H14N2O4S. The van der Waals surface area contributed by atoms with Gasteiger partial charge in [-0.25, -0.2) is 0 Å². The van der Waals surface area contributed by atoms with E-state index in [4.69, 9.17) is 0 Å². The predicted molar refractivity (Wildman–Crippen MR) is 79.4 cm³/mol. The van der Waals surface area contributed by atoms with Gasteiger partial charge in [0.1, 0.15) is 6.10 Å². The molecule has 0 radical (unpaired) electrons. The lowest BCUT2D eigenvalue weighted by Crippen LogP contribution is -2.28. The molecule has 0 spiro atoms. The number of amides is 1. The molecule has 110 valence electrons. The van der Waals surface area contributed by atoms with Crippen LogP contribution in [-0.4, -0.2) is 22.5 Å². The Bertz CT molecular complexity index is 668. The predicted octanol–water partition coefficient (Wildman–Crippen LogP) is 2.43. The molecule has 0 bridgehead atoms. The number of non-ortho nitro benzene ring substituents is 1. The van der Waals surface area contributed by atoms with E-state index in [9.17, 15) is 20.0 Å². The lowest BCUT2D eigenvalue weighted by molar-refractivity contribution is -0.384. The molecule has 0 fully saturated rings. The molecule has 1 aromatic heterocycles. The van der Waals surface area contributed by atoms with Crippen molar-refractivity contribution in [2.24, 2.45) is 0 Å².